The lowest BCUT2D eigenvalue weighted by molar-refractivity contribution is 0.949. The van der Waals surface area contributed by atoms with E-state index in [1.54, 1.807) is 0 Å². The number of halogens is 1. The smallest absolute Gasteiger partial charge is 0.285 e. The fraction of sp³-hybridized carbons (Fsp3) is 0.333. The lowest BCUT2D eigenvalue weighted by Crippen LogP contribution is -2.17. The normalized spacial score (nSPS) is 14.4. The molecule has 0 saturated carbocycles. The van der Waals surface area contributed by atoms with Gasteiger partial charge >= 0.3 is 0 Å². The van der Waals surface area contributed by atoms with Crippen LogP contribution in [-0.2, 0) is 6.54 Å². The van der Waals surface area contributed by atoms with Gasteiger partial charge in [-0.05, 0) is 30.5 Å². The summed E-state index contributed by atoms with van der Waals surface area (Å²) >= 11 is 5.92. The molecular weight excluding hydrogens is 288 g/mol. The molecule has 1 aromatic carbocycles. The molecule has 0 bridgehead atoms. The Labute approximate surface area is 127 Å². The van der Waals surface area contributed by atoms with E-state index in [0.717, 1.165) is 18.7 Å². The van der Waals surface area contributed by atoms with Gasteiger partial charge in [-0.1, -0.05) is 23.7 Å². The van der Waals surface area contributed by atoms with Gasteiger partial charge in [-0.3, -0.25) is 4.79 Å². The predicted octanol–water partition coefficient (Wildman–Crippen LogP) is 2.64. The highest BCUT2D eigenvalue weighted by Crippen LogP contribution is 2.21. The summed E-state index contributed by atoms with van der Waals surface area (Å²) in [4.78, 5) is 13.7. The number of aromatic amines is 1. The van der Waals surface area contributed by atoms with Crippen LogP contribution in [0.25, 0.3) is 0 Å². The maximum Gasteiger partial charge on any atom is 0.285 e. The van der Waals surface area contributed by atoms with Crippen molar-refractivity contribution >= 4 is 23.0 Å². The van der Waals surface area contributed by atoms with E-state index in [1.165, 1.54) is 24.7 Å². The monoisotopic (exact) mass is 304 g/mol. The summed E-state index contributed by atoms with van der Waals surface area (Å²) in [5.74, 6) is 0. The van der Waals surface area contributed by atoms with Crippen molar-refractivity contribution in [3.05, 3.63) is 51.4 Å². The summed E-state index contributed by atoms with van der Waals surface area (Å²) < 4.78 is 0. The number of benzene rings is 1. The number of hydrogen-bond donors (Lipinski definition) is 2. The van der Waals surface area contributed by atoms with E-state index in [-0.39, 0.29) is 10.6 Å². The van der Waals surface area contributed by atoms with Gasteiger partial charge in [0.1, 0.15) is 5.02 Å². The number of aromatic nitrogens is 2. The zero-order valence-corrected chi connectivity index (χ0v) is 12.4. The maximum absolute atomic E-state index is 11.3. The van der Waals surface area contributed by atoms with Crippen LogP contribution in [0.15, 0.2) is 35.3 Å². The molecule has 2 heterocycles. The average molecular weight is 305 g/mol. The number of nitrogens with zero attached hydrogens (tertiary/aromatic N) is 2. The van der Waals surface area contributed by atoms with E-state index in [0.29, 0.717) is 12.2 Å². The van der Waals surface area contributed by atoms with Crippen LogP contribution in [-0.4, -0.2) is 23.3 Å². The highest BCUT2D eigenvalue weighted by molar-refractivity contribution is 6.32. The standard InChI is InChI=1S/C15H17ClN4O/c16-14-13(10-18-19-15(14)21)17-9-11-3-5-12(6-4-11)20-7-1-2-8-20/h3-6,10H,1-2,7-9H2,(H2,17,19,21). The Bertz CT molecular complexity index is 662. The first-order chi connectivity index (χ1) is 10.2. The third kappa shape index (κ3) is 3.19. The van der Waals surface area contributed by atoms with Crippen molar-refractivity contribution < 1.29 is 0 Å². The third-order valence-corrected chi connectivity index (χ3v) is 4.06. The first-order valence-electron chi connectivity index (χ1n) is 7.05. The average Bonchev–Trinajstić information content (AvgIpc) is 3.04. The molecule has 0 unspecified atom stereocenters. The Hall–Kier alpha value is -2.01. The molecule has 3 rings (SSSR count). The molecule has 1 aliphatic heterocycles. The lowest BCUT2D eigenvalue weighted by atomic mass is 10.2. The minimum atomic E-state index is -0.383. The summed E-state index contributed by atoms with van der Waals surface area (Å²) in [7, 11) is 0. The van der Waals surface area contributed by atoms with Gasteiger partial charge in [-0.2, -0.15) is 5.10 Å². The molecule has 0 radical (unpaired) electrons. The molecule has 0 aliphatic carbocycles. The summed E-state index contributed by atoms with van der Waals surface area (Å²) in [5.41, 5.74) is 2.57. The highest BCUT2D eigenvalue weighted by atomic mass is 35.5. The summed E-state index contributed by atoms with van der Waals surface area (Å²) in [6.45, 7) is 2.89. The highest BCUT2D eigenvalue weighted by Gasteiger charge is 2.11. The Morgan fingerprint density at radius 1 is 1.24 bits per heavy atom. The van der Waals surface area contributed by atoms with E-state index >= 15 is 0 Å². The second kappa shape index (κ2) is 6.18. The molecule has 21 heavy (non-hydrogen) atoms. The van der Waals surface area contributed by atoms with Crippen molar-refractivity contribution in [3.8, 4) is 0 Å². The number of hydrogen-bond acceptors (Lipinski definition) is 4. The van der Waals surface area contributed by atoms with Crippen molar-refractivity contribution in [1.29, 1.82) is 0 Å². The fourth-order valence-corrected chi connectivity index (χ4v) is 2.66. The number of rotatable bonds is 4. The van der Waals surface area contributed by atoms with Gasteiger partial charge in [-0.25, -0.2) is 5.10 Å². The van der Waals surface area contributed by atoms with Gasteiger partial charge < -0.3 is 10.2 Å². The molecule has 0 atom stereocenters. The van der Waals surface area contributed by atoms with E-state index in [2.05, 4.69) is 44.7 Å². The van der Waals surface area contributed by atoms with Gasteiger partial charge in [-0.15, -0.1) is 0 Å². The van der Waals surface area contributed by atoms with Gasteiger partial charge in [0.05, 0.1) is 11.9 Å². The van der Waals surface area contributed by atoms with Crippen LogP contribution < -0.4 is 15.8 Å². The molecule has 0 spiro atoms. The van der Waals surface area contributed by atoms with E-state index < -0.39 is 0 Å². The molecule has 1 saturated heterocycles. The van der Waals surface area contributed by atoms with Gasteiger partial charge in [0, 0.05) is 25.3 Å². The van der Waals surface area contributed by atoms with Crippen molar-refractivity contribution in [1.82, 2.24) is 10.2 Å². The third-order valence-electron chi connectivity index (χ3n) is 3.69. The zero-order chi connectivity index (χ0) is 14.7. The Morgan fingerprint density at radius 2 is 1.95 bits per heavy atom. The molecule has 2 N–H and O–H groups in total. The molecule has 5 nitrogen and oxygen atoms in total. The van der Waals surface area contributed by atoms with Crippen LogP contribution in [0.5, 0.6) is 0 Å². The van der Waals surface area contributed by atoms with Crippen LogP contribution >= 0.6 is 11.6 Å². The molecule has 110 valence electrons. The van der Waals surface area contributed by atoms with Crippen molar-refractivity contribution in [2.75, 3.05) is 23.3 Å². The summed E-state index contributed by atoms with van der Waals surface area (Å²) in [5, 5.41) is 9.30. The molecule has 6 heteroatoms. The second-order valence-electron chi connectivity index (χ2n) is 5.14. The minimum absolute atomic E-state index is 0.138. The van der Waals surface area contributed by atoms with Crippen molar-refractivity contribution in [2.24, 2.45) is 0 Å². The molecule has 0 amide bonds. The Balaban J connectivity index is 1.65. The van der Waals surface area contributed by atoms with Crippen LogP contribution in [0.2, 0.25) is 5.02 Å². The van der Waals surface area contributed by atoms with Gasteiger partial charge in [0.2, 0.25) is 0 Å². The Morgan fingerprint density at radius 3 is 2.67 bits per heavy atom. The van der Waals surface area contributed by atoms with Gasteiger partial charge in [0.25, 0.3) is 5.56 Å². The van der Waals surface area contributed by atoms with E-state index in [9.17, 15) is 4.79 Å². The molecule has 1 aromatic heterocycles. The molecule has 1 fully saturated rings. The topological polar surface area (TPSA) is 61.0 Å². The SMILES string of the molecule is O=c1[nH]ncc(NCc2ccc(N3CCCC3)cc2)c1Cl. The first kappa shape index (κ1) is 13.9. The van der Waals surface area contributed by atoms with Crippen LogP contribution in [0.1, 0.15) is 18.4 Å². The molecular formula is C15H17ClN4O. The summed E-state index contributed by atoms with van der Waals surface area (Å²) in [6, 6.07) is 8.46. The molecule has 1 aliphatic rings. The zero-order valence-electron chi connectivity index (χ0n) is 11.6. The minimum Gasteiger partial charge on any atom is -0.378 e. The Kier molecular flexibility index (Phi) is 4.10. The second-order valence-corrected chi connectivity index (χ2v) is 5.52. The predicted molar refractivity (Wildman–Crippen MR) is 85.1 cm³/mol. The van der Waals surface area contributed by atoms with Crippen LogP contribution in [0, 0.1) is 0 Å². The summed E-state index contributed by atoms with van der Waals surface area (Å²) in [6.07, 6.45) is 4.07. The lowest BCUT2D eigenvalue weighted by Gasteiger charge is -2.17. The largest absolute Gasteiger partial charge is 0.378 e. The van der Waals surface area contributed by atoms with Gasteiger partial charge in [0.15, 0.2) is 0 Å². The fourth-order valence-electron chi connectivity index (χ4n) is 2.50. The van der Waals surface area contributed by atoms with E-state index in [1.807, 2.05) is 0 Å². The number of anilines is 2. The first-order valence-corrected chi connectivity index (χ1v) is 7.43. The van der Waals surface area contributed by atoms with Crippen LogP contribution in [0.4, 0.5) is 11.4 Å². The number of nitrogens with one attached hydrogen (secondary N) is 2. The van der Waals surface area contributed by atoms with E-state index in [4.69, 9.17) is 11.6 Å². The van der Waals surface area contributed by atoms with Crippen molar-refractivity contribution in [2.45, 2.75) is 19.4 Å². The van der Waals surface area contributed by atoms with Crippen LogP contribution in [0.3, 0.4) is 0 Å². The van der Waals surface area contributed by atoms with Crippen molar-refractivity contribution in [3.63, 3.8) is 0 Å². The molecule has 2 aromatic rings. The maximum atomic E-state index is 11.3. The quantitative estimate of drug-likeness (QED) is 0.911. The number of H-pyrrole nitrogens is 1.